The topological polar surface area (TPSA) is 0 Å². The van der Waals surface area contributed by atoms with Crippen LogP contribution >= 0.6 is 0 Å². The van der Waals surface area contributed by atoms with Gasteiger partial charge in [-0.3, -0.25) is 0 Å². The average molecular weight is 236 g/mol. The summed E-state index contributed by atoms with van der Waals surface area (Å²) < 4.78 is 0. The smallest absolute Gasteiger partial charge is 0.0315 e. The summed E-state index contributed by atoms with van der Waals surface area (Å²) in [6.45, 7) is 18.3. The lowest BCUT2D eigenvalue weighted by Gasteiger charge is -2.31. The van der Waals surface area contributed by atoms with E-state index in [4.69, 9.17) is 0 Å². The van der Waals surface area contributed by atoms with Gasteiger partial charge in [-0.2, -0.15) is 0 Å². The molecule has 100 valence electrons. The fourth-order valence-electron chi connectivity index (χ4n) is 3.40. The molecular weight excluding hydrogens is 204 g/mol. The van der Waals surface area contributed by atoms with Gasteiger partial charge in [-0.05, 0) is 47.8 Å². The molecule has 0 aromatic heterocycles. The Balaban J connectivity index is 2.54. The van der Waals surface area contributed by atoms with Gasteiger partial charge in [0.15, 0.2) is 0 Å². The Morgan fingerprint density at radius 3 is 2.18 bits per heavy atom. The van der Waals surface area contributed by atoms with Gasteiger partial charge in [0.1, 0.15) is 0 Å². The van der Waals surface area contributed by atoms with E-state index in [1.165, 1.54) is 19.3 Å². The molecule has 0 bridgehead atoms. The summed E-state index contributed by atoms with van der Waals surface area (Å²) in [4.78, 5) is 0. The Bertz CT molecular complexity index is 249. The molecule has 1 rings (SSSR count). The lowest BCUT2D eigenvalue weighted by atomic mass is 9.75. The molecule has 1 saturated carbocycles. The van der Waals surface area contributed by atoms with E-state index >= 15 is 0 Å². The molecule has 0 spiro atoms. The Hall–Kier alpha value is -0.260. The van der Waals surface area contributed by atoms with E-state index < -0.39 is 0 Å². The molecule has 17 heavy (non-hydrogen) atoms. The van der Waals surface area contributed by atoms with Crippen molar-refractivity contribution in [2.75, 3.05) is 0 Å². The van der Waals surface area contributed by atoms with Crippen molar-refractivity contribution in [1.82, 2.24) is 0 Å². The van der Waals surface area contributed by atoms with Gasteiger partial charge < -0.3 is 0 Å². The minimum atomic E-state index is 0.503. The van der Waals surface area contributed by atoms with Crippen LogP contribution in [-0.4, -0.2) is 0 Å². The molecule has 0 radical (unpaired) electrons. The molecule has 4 unspecified atom stereocenters. The predicted molar refractivity (Wildman–Crippen MR) is 78.0 cm³/mol. The normalized spacial score (nSPS) is 30.4. The van der Waals surface area contributed by atoms with Crippen LogP contribution in [0.25, 0.3) is 0 Å². The van der Waals surface area contributed by atoms with Crippen molar-refractivity contribution in [1.29, 1.82) is 0 Å². The zero-order chi connectivity index (χ0) is 13.2. The molecule has 0 amide bonds. The quantitative estimate of drug-likeness (QED) is 0.509. The number of rotatable bonds is 7. The molecule has 1 aliphatic rings. The van der Waals surface area contributed by atoms with Crippen molar-refractivity contribution in [2.24, 2.45) is 35.0 Å². The SMILES string of the molecule is C=CCC1C(CC(C)C(C)(C)CC)C1C(C)C. The first-order valence-electron chi connectivity index (χ1n) is 7.46. The van der Waals surface area contributed by atoms with Crippen LogP contribution in [0.15, 0.2) is 12.7 Å². The molecular formula is C17H32. The standard InChI is InChI=1S/C17H32/c1-8-10-14-15(16(14)12(3)4)11-13(5)17(6,7)9-2/h8,12-16H,1,9-11H2,2-7H3. The van der Waals surface area contributed by atoms with Crippen LogP contribution in [0.5, 0.6) is 0 Å². The fraction of sp³-hybridized carbons (Fsp3) is 0.882. The van der Waals surface area contributed by atoms with Gasteiger partial charge in [-0.25, -0.2) is 0 Å². The first-order valence-corrected chi connectivity index (χ1v) is 7.46. The van der Waals surface area contributed by atoms with E-state index in [0.29, 0.717) is 5.41 Å². The molecule has 1 fully saturated rings. The predicted octanol–water partition coefficient (Wildman–Crippen LogP) is 5.54. The largest absolute Gasteiger partial charge is 0.103 e. The maximum Gasteiger partial charge on any atom is -0.0315 e. The van der Waals surface area contributed by atoms with Crippen molar-refractivity contribution in [2.45, 2.75) is 60.8 Å². The maximum absolute atomic E-state index is 3.91. The number of hydrogen-bond donors (Lipinski definition) is 0. The minimum absolute atomic E-state index is 0.503. The minimum Gasteiger partial charge on any atom is -0.103 e. The highest BCUT2D eigenvalue weighted by Crippen LogP contribution is 2.57. The second-order valence-electron chi connectivity index (χ2n) is 7.15. The van der Waals surface area contributed by atoms with Gasteiger partial charge >= 0.3 is 0 Å². The third-order valence-corrected chi connectivity index (χ3v) is 5.48. The van der Waals surface area contributed by atoms with Crippen molar-refractivity contribution in [3.8, 4) is 0 Å². The van der Waals surface area contributed by atoms with Gasteiger partial charge in [0.25, 0.3) is 0 Å². The second kappa shape index (κ2) is 5.59. The van der Waals surface area contributed by atoms with Gasteiger partial charge in [-0.15, -0.1) is 6.58 Å². The summed E-state index contributed by atoms with van der Waals surface area (Å²) in [7, 11) is 0. The number of allylic oxidation sites excluding steroid dienone is 1. The Kier molecular flexibility index (Phi) is 4.86. The molecule has 1 aliphatic carbocycles. The monoisotopic (exact) mass is 236 g/mol. The van der Waals surface area contributed by atoms with Crippen molar-refractivity contribution in [3.05, 3.63) is 12.7 Å². The highest BCUT2D eigenvalue weighted by atomic mass is 14.6. The first kappa shape index (κ1) is 14.8. The molecule has 0 nitrogen and oxygen atoms in total. The summed E-state index contributed by atoms with van der Waals surface area (Å²) in [6, 6.07) is 0. The third kappa shape index (κ3) is 3.36. The van der Waals surface area contributed by atoms with Crippen LogP contribution in [0.1, 0.15) is 60.8 Å². The Morgan fingerprint density at radius 2 is 1.76 bits per heavy atom. The number of hydrogen-bond acceptors (Lipinski definition) is 0. The summed E-state index contributed by atoms with van der Waals surface area (Å²) in [5.74, 6) is 4.55. The van der Waals surface area contributed by atoms with E-state index in [1.54, 1.807) is 0 Å². The van der Waals surface area contributed by atoms with Gasteiger partial charge in [0, 0.05) is 0 Å². The molecule has 0 aromatic carbocycles. The van der Waals surface area contributed by atoms with E-state index in [9.17, 15) is 0 Å². The van der Waals surface area contributed by atoms with Crippen LogP contribution in [-0.2, 0) is 0 Å². The van der Waals surface area contributed by atoms with Gasteiger partial charge in [-0.1, -0.05) is 54.0 Å². The van der Waals surface area contributed by atoms with Crippen LogP contribution in [0.4, 0.5) is 0 Å². The summed E-state index contributed by atoms with van der Waals surface area (Å²) >= 11 is 0. The van der Waals surface area contributed by atoms with Crippen LogP contribution in [0, 0.1) is 35.0 Å². The molecule has 0 heterocycles. The lowest BCUT2D eigenvalue weighted by Crippen LogP contribution is -2.21. The van der Waals surface area contributed by atoms with E-state index in [1.807, 2.05) is 0 Å². The fourth-order valence-corrected chi connectivity index (χ4v) is 3.40. The lowest BCUT2D eigenvalue weighted by molar-refractivity contribution is 0.196. The molecule has 0 heteroatoms. The van der Waals surface area contributed by atoms with Crippen molar-refractivity contribution < 1.29 is 0 Å². The Morgan fingerprint density at radius 1 is 1.18 bits per heavy atom. The molecule has 0 aromatic rings. The third-order valence-electron chi connectivity index (χ3n) is 5.48. The zero-order valence-corrected chi connectivity index (χ0v) is 12.8. The van der Waals surface area contributed by atoms with Crippen molar-refractivity contribution >= 4 is 0 Å². The molecule has 4 atom stereocenters. The highest BCUT2D eigenvalue weighted by Gasteiger charge is 2.51. The molecule has 0 N–H and O–H groups in total. The van der Waals surface area contributed by atoms with Gasteiger partial charge in [0.05, 0.1) is 0 Å². The average Bonchev–Trinajstić information content (AvgIpc) is 2.92. The highest BCUT2D eigenvalue weighted by molar-refractivity contribution is 5.02. The zero-order valence-electron chi connectivity index (χ0n) is 12.8. The first-order chi connectivity index (χ1) is 7.85. The summed E-state index contributed by atoms with van der Waals surface area (Å²) in [5, 5.41) is 0. The maximum atomic E-state index is 3.91. The van der Waals surface area contributed by atoms with Gasteiger partial charge in [0.2, 0.25) is 0 Å². The summed E-state index contributed by atoms with van der Waals surface area (Å²) in [5.41, 5.74) is 0.503. The van der Waals surface area contributed by atoms with Crippen LogP contribution < -0.4 is 0 Å². The van der Waals surface area contributed by atoms with Crippen molar-refractivity contribution in [3.63, 3.8) is 0 Å². The summed E-state index contributed by atoms with van der Waals surface area (Å²) in [6.07, 6.45) is 6.06. The van der Waals surface area contributed by atoms with Crippen LogP contribution in [0.3, 0.4) is 0 Å². The van der Waals surface area contributed by atoms with E-state index in [-0.39, 0.29) is 0 Å². The van der Waals surface area contributed by atoms with Crippen LogP contribution in [0.2, 0.25) is 0 Å². The second-order valence-corrected chi connectivity index (χ2v) is 7.15. The molecule has 0 aliphatic heterocycles. The van der Waals surface area contributed by atoms with E-state index in [0.717, 1.165) is 29.6 Å². The Labute approximate surface area is 109 Å². The molecule has 0 saturated heterocycles. The van der Waals surface area contributed by atoms with E-state index in [2.05, 4.69) is 54.2 Å².